The van der Waals surface area contributed by atoms with Gasteiger partial charge >= 0.3 is 0 Å². The van der Waals surface area contributed by atoms with E-state index in [0.717, 1.165) is 3.57 Å². The number of hydrogen-bond donors (Lipinski definition) is 1. The summed E-state index contributed by atoms with van der Waals surface area (Å²) in [5.74, 6) is 0. The molecule has 0 aliphatic heterocycles. The van der Waals surface area contributed by atoms with Crippen LogP contribution in [0, 0.1) is 3.57 Å². The van der Waals surface area contributed by atoms with Gasteiger partial charge in [0.15, 0.2) is 0 Å². The predicted octanol–water partition coefficient (Wildman–Crippen LogP) is 2.25. The highest BCUT2D eigenvalue weighted by Gasteiger charge is 2.05. The van der Waals surface area contributed by atoms with Crippen LogP contribution in [0.2, 0.25) is 0 Å². The first-order valence-electron chi connectivity index (χ1n) is 2.86. The molecule has 58 valence electrons. The summed E-state index contributed by atoms with van der Waals surface area (Å²) in [5, 5.41) is -0.515. The minimum absolute atomic E-state index is 0.368. The zero-order chi connectivity index (χ0) is 8.43. The van der Waals surface area contributed by atoms with Gasteiger partial charge in [0.05, 0.1) is 5.56 Å². The number of nitrogens with two attached hydrogens (primary N) is 1. The van der Waals surface area contributed by atoms with Crippen LogP contribution in [0.5, 0.6) is 0 Å². The van der Waals surface area contributed by atoms with Gasteiger partial charge in [-0.05, 0) is 52.4 Å². The lowest BCUT2D eigenvalue weighted by molar-refractivity contribution is 0.108. The van der Waals surface area contributed by atoms with E-state index in [0.29, 0.717) is 11.3 Å². The van der Waals surface area contributed by atoms with Gasteiger partial charge in [0.2, 0.25) is 0 Å². The van der Waals surface area contributed by atoms with Crippen molar-refractivity contribution in [2.75, 3.05) is 5.73 Å². The van der Waals surface area contributed by atoms with E-state index in [1.165, 1.54) is 0 Å². The molecule has 0 aliphatic carbocycles. The first-order valence-corrected chi connectivity index (χ1v) is 4.32. The zero-order valence-corrected chi connectivity index (χ0v) is 8.39. The van der Waals surface area contributed by atoms with E-state index >= 15 is 0 Å². The molecule has 0 aliphatic rings. The van der Waals surface area contributed by atoms with E-state index < -0.39 is 5.24 Å². The molecule has 11 heavy (non-hydrogen) atoms. The maximum Gasteiger partial charge on any atom is 0.254 e. The Morgan fingerprint density at radius 2 is 2.18 bits per heavy atom. The van der Waals surface area contributed by atoms with E-state index in [1.807, 2.05) is 0 Å². The largest absolute Gasteiger partial charge is 0.398 e. The minimum Gasteiger partial charge on any atom is -0.398 e. The van der Waals surface area contributed by atoms with Crippen molar-refractivity contribution in [1.29, 1.82) is 0 Å². The van der Waals surface area contributed by atoms with Gasteiger partial charge in [0, 0.05) is 9.26 Å². The molecule has 1 aromatic rings. The van der Waals surface area contributed by atoms with E-state index in [9.17, 15) is 4.79 Å². The van der Waals surface area contributed by atoms with Gasteiger partial charge in [-0.2, -0.15) is 0 Å². The summed E-state index contributed by atoms with van der Waals surface area (Å²) in [7, 11) is 0. The maximum atomic E-state index is 10.7. The first kappa shape index (κ1) is 8.80. The molecule has 0 bridgehead atoms. The predicted molar refractivity (Wildman–Crippen MR) is 53.8 cm³/mol. The van der Waals surface area contributed by atoms with Crippen LogP contribution in [-0.4, -0.2) is 5.24 Å². The number of rotatable bonds is 1. The van der Waals surface area contributed by atoms with Crippen molar-refractivity contribution in [2.24, 2.45) is 0 Å². The number of carbonyl (C=O) groups is 1. The van der Waals surface area contributed by atoms with E-state index in [-0.39, 0.29) is 0 Å². The van der Waals surface area contributed by atoms with Crippen LogP contribution >= 0.6 is 34.2 Å². The third-order valence-electron chi connectivity index (χ3n) is 1.23. The molecule has 0 heterocycles. The summed E-state index contributed by atoms with van der Waals surface area (Å²) in [5.41, 5.74) is 6.31. The molecule has 1 rings (SSSR count). The number of benzene rings is 1. The standard InChI is InChI=1S/C7H5ClINO/c8-7(11)5-2-1-4(9)3-6(5)10/h1-3H,10H2. The Morgan fingerprint density at radius 1 is 1.55 bits per heavy atom. The molecule has 0 aromatic heterocycles. The summed E-state index contributed by atoms with van der Waals surface area (Å²) in [6, 6.07) is 5.11. The number of hydrogen-bond acceptors (Lipinski definition) is 2. The Kier molecular flexibility index (Phi) is 2.72. The quantitative estimate of drug-likeness (QED) is 0.487. The monoisotopic (exact) mass is 281 g/mol. The minimum atomic E-state index is -0.515. The van der Waals surface area contributed by atoms with Gasteiger partial charge in [-0.1, -0.05) is 0 Å². The highest BCUT2D eigenvalue weighted by molar-refractivity contribution is 14.1. The Labute approximate surface area is 82.9 Å². The first-order chi connectivity index (χ1) is 5.11. The summed E-state index contributed by atoms with van der Waals surface area (Å²) < 4.78 is 0.988. The van der Waals surface area contributed by atoms with E-state index in [4.69, 9.17) is 17.3 Å². The second-order valence-electron chi connectivity index (χ2n) is 2.01. The number of halogens is 2. The van der Waals surface area contributed by atoms with Gasteiger partial charge in [0.25, 0.3) is 5.24 Å². The fourth-order valence-electron chi connectivity index (χ4n) is 0.713. The Hall–Kier alpha value is -0.290. The molecule has 0 saturated heterocycles. The van der Waals surface area contributed by atoms with Gasteiger partial charge < -0.3 is 5.73 Å². The molecular weight excluding hydrogens is 276 g/mol. The van der Waals surface area contributed by atoms with Crippen molar-refractivity contribution in [1.82, 2.24) is 0 Å². The highest BCUT2D eigenvalue weighted by Crippen LogP contribution is 2.17. The summed E-state index contributed by atoms with van der Waals surface area (Å²) in [6.07, 6.45) is 0. The van der Waals surface area contributed by atoms with Crippen LogP contribution in [0.4, 0.5) is 5.69 Å². The SMILES string of the molecule is Nc1cc(I)ccc1C(=O)Cl. The lowest BCUT2D eigenvalue weighted by atomic mass is 10.2. The van der Waals surface area contributed by atoms with Crippen molar-refractivity contribution < 1.29 is 4.79 Å². The molecule has 2 nitrogen and oxygen atoms in total. The Balaban J connectivity index is 3.20. The molecule has 1 aromatic carbocycles. The molecular formula is C7H5ClINO. The third kappa shape index (κ3) is 2.07. The fourth-order valence-corrected chi connectivity index (χ4v) is 1.40. The highest BCUT2D eigenvalue weighted by atomic mass is 127. The third-order valence-corrected chi connectivity index (χ3v) is 2.10. The lowest BCUT2D eigenvalue weighted by Gasteiger charge is -1.99. The van der Waals surface area contributed by atoms with Crippen LogP contribution in [0.25, 0.3) is 0 Å². The summed E-state index contributed by atoms with van der Waals surface area (Å²) in [6.45, 7) is 0. The molecule has 0 unspecified atom stereocenters. The van der Waals surface area contributed by atoms with E-state index in [2.05, 4.69) is 22.6 Å². The normalized spacial score (nSPS) is 9.64. The van der Waals surface area contributed by atoms with Gasteiger partial charge in [0.1, 0.15) is 0 Å². The van der Waals surface area contributed by atoms with Crippen molar-refractivity contribution in [3.63, 3.8) is 0 Å². The van der Waals surface area contributed by atoms with Crippen molar-refractivity contribution in [3.8, 4) is 0 Å². The summed E-state index contributed by atoms with van der Waals surface area (Å²) in [4.78, 5) is 10.7. The van der Waals surface area contributed by atoms with Crippen LogP contribution in [0.15, 0.2) is 18.2 Å². The fraction of sp³-hybridized carbons (Fsp3) is 0. The van der Waals surface area contributed by atoms with Gasteiger partial charge in [-0.3, -0.25) is 4.79 Å². The number of carbonyl (C=O) groups excluding carboxylic acids is 1. The molecule has 0 radical (unpaired) electrons. The maximum absolute atomic E-state index is 10.7. The van der Waals surface area contributed by atoms with Crippen LogP contribution in [0.3, 0.4) is 0 Å². The van der Waals surface area contributed by atoms with Crippen molar-refractivity contribution >= 4 is 45.1 Å². The van der Waals surface area contributed by atoms with Crippen LogP contribution < -0.4 is 5.73 Å². The average Bonchev–Trinajstić information content (AvgIpc) is 1.85. The second kappa shape index (κ2) is 3.40. The van der Waals surface area contributed by atoms with Crippen LogP contribution in [0.1, 0.15) is 10.4 Å². The molecule has 0 fully saturated rings. The Bertz CT molecular complexity index is 300. The molecule has 0 saturated carbocycles. The van der Waals surface area contributed by atoms with E-state index in [1.54, 1.807) is 18.2 Å². The summed E-state index contributed by atoms with van der Waals surface area (Å²) >= 11 is 7.35. The molecule has 0 spiro atoms. The smallest absolute Gasteiger partial charge is 0.254 e. The zero-order valence-electron chi connectivity index (χ0n) is 5.47. The van der Waals surface area contributed by atoms with Crippen molar-refractivity contribution in [3.05, 3.63) is 27.3 Å². The number of anilines is 1. The molecule has 4 heteroatoms. The van der Waals surface area contributed by atoms with Crippen LogP contribution in [-0.2, 0) is 0 Å². The molecule has 2 N–H and O–H groups in total. The van der Waals surface area contributed by atoms with Crippen molar-refractivity contribution in [2.45, 2.75) is 0 Å². The van der Waals surface area contributed by atoms with Gasteiger partial charge in [-0.15, -0.1) is 0 Å². The topological polar surface area (TPSA) is 43.1 Å². The molecule has 0 amide bonds. The second-order valence-corrected chi connectivity index (χ2v) is 3.59. The number of nitrogen functional groups attached to an aromatic ring is 1. The average molecular weight is 281 g/mol. The Morgan fingerprint density at radius 3 is 2.64 bits per heavy atom. The lowest BCUT2D eigenvalue weighted by Crippen LogP contribution is -1.97. The molecule has 0 atom stereocenters. The van der Waals surface area contributed by atoms with Gasteiger partial charge in [-0.25, -0.2) is 0 Å².